The summed E-state index contributed by atoms with van der Waals surface area (Å²) in [5.41, 5.74) is 21.4. The number of rotatable bonds is 7. The van der Waals surface area contributed by atoms with Crippen molar-refractivity contribution in [2.45, 2.75) is 62.4 Å². The molecule has 6 rings (SSSR count). The van der Waals surface area contributed by atoms with Gasteiger partial charge in [0.25, 0.3) is 5.91 Å². The predicted molar refractivity (Wildman–Crippen MR) is 161 cm³/mol. The summed E-state index contributed by atoms with van der Waals surface area (Å²) < 4.78 is 12.1. The van der Waals surface area contributed by atoms with Gasteiger partial charge in [-0.2, -0.15) is 0 Å². The Balaban J connectivity index is 1.39. The third-order valence-corrected chi connectivity index (χ3v) is 9.93. The van der Waals surface area contributed by atoms with Crippen molar-refractivity contribution in [3.05, 3.63) is 70.1 Å². The van der Waals surface area contributed by atoms with Crippen LogP contribution >= 0.6 is 11.3 Å². The monoisotopic (exact) mass is 589 g/mol. The quantitative estimate of drug-likeness (QED) is 0.207. The fraction of sp³-hybridized carbons (Fsp3) is 0.387. The first-order valence-corrected chi connectivity index (χ1v) is 15.0. The second-order valence-electron chi connectivity index (χ2n) is 11.3. The van der Waals surface area contributed by atoms with Crippen LogP contribution in [0, 0.1) is 6.92 Å². The number of ketones is 1. The van der Waals surface area contributed by atoms with Crippen molar-refractivity contribution in [2.24, 2.45) is 11.5 Å². The molecule has 3 aliphatic rings. The molecule has 0 spiro atoms. The van der Waals surface area contributed by atoms with Gasteiger partial charge < -0.3 is 37.3 Å². The number of hydrogen-bond donors (Lipinski definition) is 5. The molecule has 2 unspecified atom stereocenters. The average Bonchev–Trinajstić information content (AvgIpc) is 3.73. The minimum atomic E-state index is -1.56. The van der Waals surface area contributed by atoms with Crippen LogP contribution in [0.4, 0.5) is 5.69 Å². The second kappa shape index (κ2) is 10.8. The van der Waals surface area contributed by atoms with Gasteiger partial charge in [0.15, 0.2) is 5.78 Å². The molecule has 5 atom stereocenters. The molecule has 2 aromatic carbocycles. The van der Waals surface area contributed by atoms with Gasteiger partial charge in [0.05, 0.1) is 28.8 Å². The van der Waals surface area contributed by atoms with E-state index in [1.54, 1.807) is 12.1 Å². The normalized spacial score (nSPS) is 26.8. The van der Waals surface area contributed by atoms with Crippen LogP contribution in [-0.4, -0.2) is 49.0 Å². The van der Waals surface area contributed by atoms with Crippen LogP contribution in [0.15, 0.2) is 43.0 Å². The molecule has 2 fully saturated rings. The maximum Gasteiger partial charge on any atom is 0.262 e. The Bertz CT molecular complexity index is 1610. The SMILES string of the molecule is C=CC(=O)N[C@H]1CCC[C@H]1NC(=O)c1sc2c(N)ccc3c2c1C(N)C(=O)C3(N)c1ccc(O[C@H]2CCOC2)cc1C. The number of aryl methyl sites for hydroxylation is 1. The van der Waals surface area contributed by atoms with E-state index in [0.29, 0.717) is 62.7 Å². The van der Waals surface area contributed by atoms with Crippen LogP contribution < -0.4 is 32.6 Å². The van der Waals surface area contributed by atoms with Gasteiger partial charge in [-0.1, -0.05) is 18.7 Å². The van der Waals surface area contributed by atoms with E-state index in [9.17, 15) is 14.4 Å². The standard InChI is InChI=1S/C31H35N5O5S/c1-3-23(37)35-21-5-4-6-22(21)36-30(39)28-25-24-19(9-10-20(32)27(24)42-28)31(34,29(38)26(25)33)18-8-7-16(13-15(18)2)41-17-11-12-40-14-17/h3,7-10,13,17,21-22,26H,1,4-6,11-12,14,32-34H2,2H3,(H,35,37)(H,36,39)/t17-,21-,22+,26?,31?/m0/s1. The number of benzene rings is 2. The highest BCUT2D eigenvalue weighted by molar-refractivity contribution is 7.21. The van der Waals surface area contributed by atoms with Crippen LogP contribution in [0.2, 0.25) is 0 Å². The van der Waals surface area contributed by atoms with Gasteiger partial charge >= 0.3 is 0 Å². The lowest BCUT2D eigenvalue weighted by Crippen LogP contribution is -2.53. The number of nitrogens with two attached hydrogens (primary N) is 3. The number of Topliss-reactive ketones (excluding diaryl/α,β-unsaturated/α-hetero) is 1. The fourth-order valence-electron chi connectivity index (χ4n) is 6.56. The minimum absolute atomic E-state index is 0.0146. The van der Waals surface area contributed by atoms with E-state index >= 15 is 0 Å². The first-order valence-electron chi connectivity index (χ1n) is 14.2. The first-order chi connectivity index (χ1) is 20.1. The van der Waals surface area contributed by atoms with E-state index in [2.05, 4.69) is 17.2 Å². The lowest BCUT2D eigenvalue weighted by molar-refractivity contribution is -0.124. The van der Waals surface area contributed by atoms with Crippen molar-refractivity contribution >= 4 is 44.7 Å². The molecule has 1 saturated carbocycles. The average molecular weight is 590 g/mol. The van der Waals surface area contributed by atoms with E-state index < -0.39 is 17.4 Å². The lowest BCUT2D eigenvalue weighted by Gasteiger charge is -2.37. The van der Waals surface area contributed by atoms with Crippen LogP contribution in [-0.2, 0) is 19.9 Å². The summed E-state index contributed by atoms with van der Waals surface area (Å²) in [5, 5.41) is 6.61. The number of amides is 2. The maximum absolute atomic E-state index is 14.2. The van der Waals surface area contributed by atoms with Gasteiger partial charge in [0.1, 0.15) is 17.4 Å². The predicted octanol–water partition coefficient (Wildman–Crippen LogP) is 2.70. The van der Waals surface area contributed by atoms with E-state index in [1.165, 1.54) is 17.4 Å². The van der Waals surface area contributed by atoms with Crippen molar-refractivity contribution in [2.75, 3.05) is 18.9 Å². The zero-order valence-electron chi connectivity index (χ0n) is 23.4. The molecular formula is C31H35N5O5S. The summed E-state index contributed by atoms with van der Waals surface area (Å²) in [7, 11) is 0. The van der Waals surface area contributed by atoms with Crippen molar-refractivity contribution in [1.29, 1.82) is 0 Å². The van der Waals surface area contributed by atoms with Gasteiger partial charge in [-0.05, 0) is 67.2 Å². The maximum atomic E-state index is 14.2. The van der Waals surface area contributed by atoms with Gasteiger partial charge in [-0.15, -0.1) is 11.3 Å². The van der Waals surface area contributed by atoms with Crippen molar-refractivity contribution in [3.8, 4) is 5.75 Å². The molecule has 2 amide bonds. The van der Waals surface area contributed by atoms with Crippen molar-refractivity contribution in [3.63, 3.8) is 0 Å². The summed E-state index contributed by atoms with van der Waals surface area (Å²) in [6, 6.07) is 7.36. The smallest absolute Gasteiger partial charge is 0.262 e. The molecule has 2 heterocycles. The van der Waals surface area contributed by atoms with Crippen LogP contribution in [0.25, 0.3) is 10.1 Å². The van der Waals surface area contributed by atoms with Crippen LogP contribution in [0.3, 0.4) is 0 Å². The number of nitrogen functional groups attached to an aromatic ring is 1. The van der Waals surface area contributed by atoms with Gasteiger partial charge in [-0.3, -0.25) is 14.4 Å². The summed E-state index contributed by atoms with van der Waals surface area (Å²) in [5.74, 6) is -0.381. The number of ether oxygens (including phenoxy) is 2. The van der Waals surface area contributed by atoms with Crippen molar-refractivity contribution in [1.82, 2.24) is 10.6 Å². The van der Waals surface area contributed by atoms with E-state index in [-0.39, 0.29) is 30.0 Å². The summed E-state index contributed by atoms with van der Waals surface area (Å²) in [6.07, 6.45) is 4.33. The molecule has 0 bridgehead atoms. The molecule has 2 aliphatic carbocycles. The van der Waals surface area contributed by atoms with Gasteiger partial charge in [-0.25, -0.2) is 0 Å². The first kappa shape index (κ1) is 28.4. The second-order valence-corrected chi connectivity index (χ2v) is 12.3. The van der Waals surface area contributed by atoms with E-state index in [0.717, 1.165) is 24.8 Å². The molecule has 0 radical (unpaired) electrons. The Morgan fingerprint density at radius 2 is 1.88 bits per heavy atom. The fourth-order valence-corrected chi connectivity index (χ4v) is 7.76. The molecule has 11 heteroatoms. The number of anilines is 1. The number of nitrogens with one attached hydrogen (secondary N) is 2. The zero-order chi connectivity index (χ0) is 29.8. The molecule has 8 N–H and O–H groups in total. The van der Waals surface area contributed by atoms with Gasteiger partial charge in [0.2, 0.25) is 5.91 Å². The Hall–Kier alpha value is -3.77. The summed E-state index contributed by atoms with van der Waals surface area (Å²) >= 11 is 1.21. The largest absolute Gasteiger partial charge is 0.488 e. The van der Waals surface area contributed by atoms with Crippen molar-refractivity contribution < 1.29 is 23.9 Å². The third kappa shape index (κ3) is 4.57. The number of carbonyl (C=O) groups is 3. The molecule has 220 valence electrons. The molecule has 1 aromatic heterocycles. The lowest BCUT2D eigenvalue weighted by atomic mass is 9.69. The van der Waals surface area contributed by atoms with E-state index in [1.807, 2.05) is 25.1 Å². The zero-order valence-corrected chi connectivity index (χ0v) is 24.2. The number of carbonyl (C=O) groups excluding carboxylic acids is 3. The minimum Gasteiger partial charge on any atom is -0.488 e. The molecular weight excluding hydrogens is 554 g/mol. The molecule has 1 aliphatic heterocycles. The molecule has 3 aromatic rings. The Labute approximate surface area is 247 Å². The van der Waals surface area contributed by atoms with Gasteiger partial charge in [0, 0.05) is 35.1 Å². The number of hydrogen-bond acceptors (Lipinski definition) is 9. The topological polar surface area (TPSA) is 172 Å². The number of thiophene rings is 1. The van der Waals surface area contributed by atoms with Crippen LogP contribution in [0.5, 0.6) is 5.75 Å². The molecule has 42 heavy (non-hydrogen) atoms. The highest BCUT2D eigenvalue weighted by atomic mass is 32.1. The Morgan fingerprint density at radius 3 is 2.57 bits per heavy atom. The summed E-state index contributed by atoms with van der Waals surface area (Å²) in [4.78, 5) is 40.1. The Morgan fingerprint density at radius 1 is 1.14 bits per heavy atom. The highest BCUT2D eigenvalue weighted by Gasteiger charge is 2.49. The van der Waals surface area contributed by atoms with Crippen LogP contribution in [0.1, 0.15) is 63.7 Å². The highest BCUT2D eigenvalue weighted by Crippen LogP contribution is 2.50. The third-order valence-electron chi connectivity index (χ3n) is 8.68. The molecule has 10 nitrogen and oxygen atoms in total. The molecule has 1 saturated heterocycles. The van der Waals surface area contributed by atoms with E-state index in [4.69, 9.17) is 26.7 Å². The Kier molecular flexibility index (Phi) is 7.30. The summed E-state index contributed by atoms with van der Waals surface area (Å²) in [6.45, 7) is 6.61.